The van der Waals surface area contributed by atoms with Gasteiger partial charge >= 0.3 is 0 Å². The second-order valence-corrected chi connectivity index (χ2v) is 2.73. The number of rotatable bonds is 1. The van der Waals surface area contributed by atoms with Crippen LogP contribution in [0.3, 0.4) is 0 Å². The van der Waals surface area contributed by atoms with Crippen molar-refractivity contribution in [1.82, 2.24) is 9.97 Å². The molecule has 0 spiro atoms. The van der Waals surface area contributed by atoms with Crippen molar-refractivity contribution >= 4 is 23.6 Å². The number of halogens is 1. The molecule has 2 N–H and O–H groups in total. The molecule has 0 saturated heterocycles. The van der Waals surface area contributed by atoms with Crippen LogP contribution in [-0.2, 0) is 0 Å². The van der Waals surface area contributed by atoms with Gasteiger partial charge in [0.05, 0.1) is 5.69 Å². The number of hydrogen-bond donors (Lipinski definition) is 1. The average molecular weight is 214 g/mol. The molecule has 0 aliphatic carbocycles. The summed E-state index contributed by atoms with van der Waals surface area (Å²) in [6, 6.07) is 0. The van der Waals surface area contributed by atoms with Crippen LogP contribution < -0.4 is 5.73 Å². The summed E-state index contributed by atoms with van der Waals surface area (Å²) in [7, 11) is 0. The molecule has 1 aromatic rings. The molecule has 4 heteroatoms. The molecule has 0 radical (unpaired) electrons. The average Bonchev–Trinajstić information content (AvgIpc) is 2.14. The monoisotopic (exact) mass is 213 g/mol. The first kappa shape index (κ1) is 12.9. The van der Waals surface area contributed by atoms with Crippen LogP contribution in [0.25, 0.3) is 6.08 Å². The van der Waals surface area contributed by atoms with Crippen molar-refractivity contribution in [1.29, 1.82) is 0 Å². The normalized spacial score (nSPS) is 9.79. The van der Waals surface area contributed by atoms with Gasteiger partial charge in [-0.2, -0.15) is 0 Å². The minimum absolute atomic E-state index is 0.214. The summed E-state index contributed by atoms with van der Waals surface area (Å²) in [4.78, 5) is 7.82. The topological polar surface area (TPSA) is 51.8 Å². The zero-order valence-corrected chi connectivity index (χ0v) is 9.76. The molecule has 0 unspecified atom stereocenters. The summed E-state index contributed by atoms with van der Waals surface area (Å²) in [6.07, 6.45) is 3.74. The fraction of sp³-hybridized carbons (Fsp3) is 0.400. The molecule has 14 heavy (non-hydrogen) atoms. The molecule has 3 nitrogen and oxygen atoms in total. The highest BCUT2D eigenvalue weighted by Gasteiger charge is 2.04. The predicted octanol–water partition coefficient (Wildman–Crippen LogP) is 3.08. The molecule has 0 saturated carbocycles. The maximum Gasteiger partial charge on any atom is 0.221 e. The van der Waals surface area contributed by atoms with Gasteiger partial charge in [-0.25, -0.2) is 9.97 Å². The molecule has 0 bridgehead atoms. The standard InChI is InChI=1S/C8H10ClN3.C2H6/c1-3-4-6-5(2)11-8(10)12-7(6)9;1-2/h3-4H,1-2H3,(H2,10,11,12);1-2H3/b4-3+;. The molecule has 0 aliphatic heterocycles. The van der Waals surface area contributed by atoms with Crippen LogP contribution in [0, 0.1) is 6.92 Å². The molecule has 78 valence electrons. The summed E-state index contributed by atoms with van der Waals surface area (Å²) >= 11 is 5.83. The van der Waals surface area contributed by atoms with Crippen molar-refractivity contribution in [3.63, 3.8) is 0 Å². The van der Waals surface area contributed by atoms with Crippen LogP contribution in [0.1, 0.15) is 32.0 Å². The van der Waals surface area contributed by atoms with Gasteiger partial charge < -0.3 is 5.73 Å². The van der Waals surface area contributed by atoms with E-state index in [9.17, 15) is 0 Å². The number of aromatic nitrogens is 2. The summed E-state index contributed by atoms with van der Waals surface area (Å²) in [5.41, 5.74) is 7.02. The van der Waals surface area contributed by atoms with Gasteiger partial charge in [-0.05, 0) is 13.8 Å². The van der Waals surface area contributed by atoms with Gasteiger partial charge in [-0.15, -0.1) is 0 Å². The molecule has 0 aliphatic rings. The summed E-state index contributed by atoms with van der Waals surface area (Å²) < 4.78 is 0. The van der Waals surface area contributed by atoms with Crippen LogP contribution >= 0.6 is 11.6 Å². The van der Waals surface area contributed by atoms with E-state index in [1.54, 1.807) is 0 Å². The van der Waals surface area contributed by atoms with E-state index in [0.717, 1.165) is 11.3 Å². The van der Waals surface area contributed by atoms with Gasteiger partial charge in [0.1, 0.15) is 5.15 Å². The van der Waals surface area contributed by atoms with E-state index < -0.39 is 0 Å². The van der Waals surface area contributed by atoms with Crippen molar-refractivity contribution in [2.45, 2.75) is 27.7 Å². The number of nitrogen functional groups attached to an aromatic ring is 1. The van der Waals surface area contributed by atoms with Crippen molar-refractivity contribution in [3.8, 4) is 0 Å². The lowest BCUT2D eigenvalue weighted by atomic mass is 10.2. The molecular formula is C10H16ClN3. The highest BCUT2D eigenvalue weighted by atomic mass is 35.5. The zero-order valence-electron chi connectivity index (χ0n) is 9.00. The summed E-state index contributed by atoms with van der Waals surface area (Å²) in [5.74, 6) is 0.214. The van der Waals surface area contributed by atoms with Crippen molar-refractivity contribution in [2.24, 2.45) is 0 Å². The highest BCUT2D eigenvalue weighted by molar-refractivity contribution is 6.31. The van der Waals surface area contributed by atoms with Crippen molar-refractivity contribution in [2.75, 3.05) is 5.73 Å². The lowest BCUT2D eigenvalue weighted by Gasteiger charge is -2.02. The Labute approximate surface area is 90.0 Å². The van der Waals surface area contributed by atoms with E-state index in [4.69, 9.17) is 17.3 Å². The molecule has 0 fully saturated rings. The Hall–Kier alpha value is -1.09. The number of aryl methyl sites for hydroxylation is 1. The molecule has 0 aromatic carbocycles. The number of nitrogens with zero attached hydrogens (tertiary/aromatic N) is 2. The smallest absolute Gasteiger partial charge is 0.221 e. The van der Waals surface area contributed by atoms with Gasteiger partial charge in [0.2, 0.25) is 5.95 Å². The highest BCUT2D eigenvalue weighted by Crippen LogP contribution is 2.18. The minimum atomic E-state index is 0.214. The Balaban J connectivity index is 0.000000791. The van der Waals surface area contributed by atoms with E-state index >= 15 is 0 Å². The first-order valence-electron chi connectivity index (χ1n) is 4.57. The van der Waals surface area contributed by atoms with Gasteiger partial charge in [0.15, 0.2) is 0 Å². The SMILES string of the molecule is C/C=C/c1c(C)nc(N)nc1Cl.CC. The zero-order chi connectivity index (χ0) is 11.1. The van der Waals surface area contributed by atoms with E-state index in [1.807, 2.05) is 39.8 Å². The van der Waals surface area contributed by atoms with Crippen LogP contribution in [0.15, 0.2) is 6.08 Å². The Morgan fingerprint density at radius 1 is 1.29 bits per heavy atom. The first-order valence-corrected chi connectivity index (χ1v) is 4.95. The molecule has 0 atom stereocenters. The minimum Gasteiger partial charge on any atom is -0.368 e. The maximum absolute atomic E-state index is 5.83. The van der Waals surface area contributed by atoms with E-state index in [1.165, 1.54) is 0 Å². The maximum atomic E-state index is 5.83. The summed E-state index contributed by atoms with van der Waals surface area (Å²) in [6.45, 7) is 7.76. The lowest BCUT2D eigenvalue weighted by molar-refractivity contribution is 1.11. The predicted molar refractivity (Wildman–Crippen MR) is 62.2 cm³/mol. The molecular weight excluding hydrogens is 198 g/mol. The third-order valence-corrected chi connectivity index (χ3v) is 1.73. The van der Waals surface area contributed by atoms with E-state index in [0.29, 0.717) is 5.15 Å². The number of anilines is 1. The van der Waals surface area contributed by atoms with Crippen LogP contribution in [0.2, 0.25) is 5.15 Å². The summed E-state index contributed by atoms with van der Waals surface area (Å²) in [5, 5.41) is 0.401. The Bertz CT molecular complexity index is 298. The third-order valence-electron chi connectivity index (χ3n) is 1.44. The molecule has 0 amide bonds. The lowest BCUT2D eigenvalue weighted by Crippen LogP contribution is -1.99. The quantitative estimate of drug-likeness (QED) is 0.730. The van der Waals surface area contributed by atoms with Crippen molar-refractivity contribution in [3.05, 3.63) is 22.5 Å². The van der Waals surface area contributed by atoms with Crippen LogP contribution in [0.5, 0.6) is 0 Å². The fourth-order valence-corrected chi connectivity index (χ4v) is 1.21. The van der Waals surface area contributed by atoms with Crippen molar-refractivity contribution < 1.29 is 0 Å². The van der Waals surface area contributed by atoms with Crippen LogP contribution in [0.4, 0.5) is 5.95 Å². The fourth-order valence-electron chi connectivity index (χ4n) is 0.923. The van der Waals surface area contributed by atoms with Gasteiger partial charge in [0, 0.05) is 5.56 Å². The van der Waals surface area contributed by atoms with E-state index in [-0.39, 0.29) is 5.95 Å². The molecule has 1 rings (SSSR count). The molecule has 1 heterocycles. The van der Waals surface area contributed by atoms with Gasteiger partial charge in [0.25, 0.3) is 0 Å². The second-order valence-electron chi connectivity index (χ2n) is 2.37. The van der Waals surface area contributed by atoms with Gasteiger partial charge in [-0.1, -0.05) is 37.6 Å². The third kappa shape index (κ3) is 3.34. The number of hydrogen-bond acceptors (Lipinski definition) is 3. The number of nitrogens with two attached hydrogens (primary N) is 1. The van der Waals surface area contributed by atoms with E-state index in [2.05, 4.69) is 9.97 Å². The van der Waals surface area contributed by atoms with Gasteiger partial charge in [-0.3, -0.25) is 0 Å². The Kier molecular flexibility index (Phi) is 5.88. The molecule has 1 aromatic heterocycles. The number of allylic oxidation sites excluding steroid dienone is 1. The first-order chi connectivity index (χ1) is 6.65. The largest absolute Gasteiger partial charge is 0.368 e. The second kappa shape index (κ2) is 6.38. The Morgan fingerprint density at radius 2 is 1.86 bits per heavy atom. The Morgan fingerprint density at radius 3 is 2.29 bits per heavy atom. The van der Waals surface area contributed by atoms with Crippen LogP contribution in [-0.4, -0.2) is 9.97 Å².